The monoisotopic (exact) mass is 244 g/mol. The van der Waals surface area contributed by atoms with E-state index in [0.717, 1.165) is 12.8 Å². The Bertz CT molecular complexity index is 168. The molecule has 0 aromatic rings. The van der Waals surface area contributed by atoms with Crippen LogP contribution in [-0.4, -0.2) is 27.4 Å². The molecule has 0 unspecified atom stereocenters. The van der Waals surface area contributed by atoms with Crippen molar-refractivity contribution in [2.45, 2.75) is 57.7 Å². The van der Waals surface area contributed by atoms with Crippen molar-refractivity contribution in [1.29, 1.82) is 0 Å². The van der Waals surface area contributed by atoms with Crippen LogP contribution in [0.1, 0.15) is 40.5 Å². The van der Waals surface area contributed by atoms with E-state index in [4.69, 9.17) is 5.73 Å². The molecule has 1 aliphatic heterocycles. The van der Waals surface area contributed by atoms with E-state index in [1.807, 2.05) is 27.7 Å². The molecule has 88 valence electrons. The number of nitrogens with two attached hydrogens (primary N) is 1. The highest BCUT2D eigenvalue weighted by atomic mass is 35.5. The lowest BCUT2D eigenvalue weighted by molar-refractivity contribution is -0.244. The van der Waals surface area contributed by atoms with E-state index in [1.54, 1.807) is 0 Å². The minimum absolute atomic E-state index is 0. The quantitative estimate of drug-likeness (QED) is 0.687. The van der Waals surface area contributed by atoms with E-state index in [0.29, 0.717) is 0 Å². The molecule has 0 spiro atoms. The molecule has 0 aromatic heterocycles. The molecule has 0 amide bonds. The summed E-state index contributed by atoms with van der Waals surface area (Å²) in [5.74, 6) is 0. The van der Waals surface area contributed by atoms with Crippen LogP contribution in [-0.2, 0) is 0 Å². The van der Waals surface area contributed by atoms with Crippen molar-refractivity contribution >= 4 is 24.8 Å². The van der Waals surface area contributed by atoms with E-state index < -0.39 is 0 Å². The maximum absolute atomic E-state index is 9.86. The van der Waals surface area contributed by atoms with Gasteiger partial charge in [-0.3, -0.25) is 0 Å². The maximum atomic E-state index is 9.86. The van der Waals surface area contributed by atoms with Gasteiger partial charge in [-0.25, -0.2) is 0 Å². The van der Waals surface area contributed by atoms with Crippen LogP contribution in [0.5, 0.6) is 0 Å². The lowest BCUT2D eigenvalue weighted by atomic mass is 9.79. The number of piperidine rings is 1. The Morgan fingerprint density at radius 2 is 1.36 bits per heavy atom. The van der Waals surface area contributed by atoms with Gasteiger partial charge in [0.25, 0.3) is 0 Å². The molecule has 0 bridgehead atoms. The lowest BCUT2D eigenvalue weighted by Crippen LogP contribution is -2.61. The van der Waals surface area contributed by atoms with Gasteiger partial charge in [-0.05, 0) is 40.5 Å². The van der Waals surface area contributed by atoms with Gasteiger partial charge in [0.1, 0.15) is 0 Å². The first-order valence-electron chi connectivity index (χ1n) is 4.50. The Balaban J connectivity index is 0. The third-order valence-electron chi connectivity index (χ3n) is 2.67. The third kappa shape index (κ3) is 3.24. The molecule has 1 saturated heterocycles. The number of nitrogens with zero attached hydrogens (tertiary/aromatic N) is 1. The SMILES string of the molecule is CC1(C)CC(N)CC(C)(C)N1O.Cl.Cl. The number of halogens is 2. The number of hydroxylamine groups is 2. The summed E-state index contributed by atoms with van der Waals surface area (Å²) in [6.45, 7) is 8.09. The van der Waals surface area contributed by atoms with Gasteiger partial charge < -0.3 is 10.9 Å². The number of hydrogen-bond acceptors (Lipinski definition) is 3. The second kappa shape index (κ2) is 4.99. The minimum Gasteiger partial charge on any atom is -0.328 e. The van der Waals surface area contributed by atoms with Gasteiger partial charge in [0, 0.05) is 17.1 Å². The van der Waals surface area contributed by atoms with Crippen LogP contribution in [0.4, 0.5) is 0 Å². The Labute approximate surface area is 98.8 Å². The molecule has 3 N–H and O–H groups in total. The Kier molecular flexibility index (Phi) is 6.02. The van der Waals surface area contributed by atoms with Crippen LogP contribution in [0.3, 0.4) is 0 Å². The fraction of sp³-hybridized carbons (Fsp3) is 1.00. The summed E-state index contributed by atoms with van der Waals surface area (Å²) >= 11 is 0. The van der Waals surface area contributed by atoms with Crippen molar-refractivity contribution in [2.75, 3.05) is 0 Å². The van der Waals surface area contributed by atoms with Gasteiger partial charge >= 0.3 is 0 Å². The van der Waals surface area contributed by atoms with Crippen LogP contribution < -0.4 is 5.73 Å². The van der Waals surface area contributed by atoms with E-state index >= 15 is 0 Å². The normalized spacial score (nSPS) is 26.1. The van der Waals surface area contributed by atoms with Crippen molar-refractivity contribution < 1.29 is 5.21 Å². The molecule has 14 heavy (non-hydrogen) atoms. The molecule has 0 aliphatic carbocycles. The molecular formula is C9H22Cl2N2O. The highest BCUT2D eigenvalue weighted by Crippen LogP contribution is 2.35. The predicted molar refractivity (Wildman–Crippen MR) is 63.5 cm³/mol. The zero-order valence-electron chi connectivity index (χ0n) is 9.28. The first kappa shape index (κ1) is 16.9. The molecule has 1 heterocycles. The van der Waals surface area contributed by atoms with Crippen molar-refractivity contribution in [3.63, 3.8) is 0 Å². The van der Waals surface area contributed by atoms with E-state index in [9.17, 15) is 5.21 Å². The van der Waals surface area contributed by atoms with Gasteiger partial charge in [0.2, 0.25) is 0 Å². The maximum Gasteiger partial charge on any atom is 0.0425 e. The Morgan fingerprint density at radius 3 is 1.64 bits per heavy atom. The van der Waals surface area contributed by atoms with Crippen molar-refractivity contribution in [1.82, 2.24) is 5.06 Å². The summed E-state index contributed by atoms with van der Waals surface area (Å²) in [5.41, 5.74) is 5.52. The van der Waals surface area contributed by atoms with Gasteiger partial charge in [-0.15, -0.1) is 24.8 Å². The summed E-state index contributed by atoms with van der Waals surface area (Å²) in [6, 6.07) is 0.207. The van der Waals surface area contributed by atoms with Crippen LogP contribution in [0, 0.1) is 0 Å². The highest BCUT2D eigenvalue weighted by Gasteiger charge is 2.43. The zero-order chi connectivity index (χ0) is 9.57. The standard InChI is InChI=1S/C9H20N2O.2ClH/c1-8(2)5-7(10)6-9(3,4)11(8)12;;/h7,12H,5-6,10H2,1-4H3;2*1H. The second-order valence-corrected chi connectivity index (χ2v) is 5.10. The average Bonchev–Trinajstić information content (AvgIpc) is 1.80. The first-order valence-corrected chi connectivity index (χ1v) is 4.50. The van der Waals surface area contributed by atoms with Crippen LogP contribution >= 0.6 is 24.8 Å². The minimum atomic E-state index is -0.193. The summed E-state index contributed by atoms with van der Waals surface area (Å²) < 4.78 is 0. The van der Waals surface area contributed by atoms with Gasteiger partial charge in [0.05, 0.1) is 0 Å². The van der Waals surface area contributed by atoms with Crippen LogP contribution in [0.2, 0.25) is 0 Å². The highest BCUT2D eigenvalue weighted by molar-refractivity contribution is 5.85. The molecule has 0 radical (unpaired) electrons. The van der Waals surface area contributed by atoms with Crippen molar-refractivity contribution in [3.05, 3.63) is 0 Å². The predicted octanol–water partition coefficient (Wildman–Crippen LogP) is 2.20. The molecule has 0 atom stereocenters. The molecule has 5 heteroatoms. The van der Waals surface area contributed by atoms with E-state index in [1.165, 1.54) is 5.06 Å². The molecule has 1 fully saturated rings. The fourth-order valence-electron chi connectivity index (χ4n) is 2.35. The largest absolute Gasteiger partial charge is 0.328 e. The Hall–Kier alpha value is 0.460. The summed E-state index contributed by atoms with van der Waals surface area (Å²) in [7, 11) is 0. The third-order valence-corrected chi connectivity index (χ3v) is 2.67. The second-order valence-electron chi connectivity index (χ2n) is 5.10. The molecule has 0 saturated carbocycles. The summed E-state index contributed by atoms with van der Waals surface area (Å²) in [4.78, 5) is 0. The topological polar surface area (TPSA) is 49.5 Å². The molecule has 1 rings (SSSR count). The molecular weight excluding hydrogens is 223 g/mol. The molecule has 0 aromatic carbocycles. The Morgan fingerprint density at radius 1 is 1.07 bits per heavy atom. The van der Waals surface area contributed by atoms with Gasteiger partial charge in [-0.1, -0.05) is 0 Å². The number of rotatable bonds is 0. The van der Waals surface area contributed by atoms with Crippen molar-refractivity contribution in [2.24, 2.45) is 5.73 Å². The average molecular weight is 245 g/mol. The summed E-state index contributed by atoms with van der Waals surface area (Å²) in [6.07, 6.45) is 1.71. The lowest BCUT2D eigenvalue weighted by Gasteiger charge is -2.50. The van der Waals surface area contributed by atoms with E-state index in [2.05, 4.69) is 0 Å². The summed E-state index contributed by atoms with van der Waals surface area (Å²) in [5, 5.41) is 11.3. The smallest absolute Gasteiger partial charge is 0.0425 e. The number of hydrogen-bond donors (Lipinski definition) is 2. The molecule has 3 nitrogen and oxygen atoms in total. The van der Waals surface area contributed by atoms with Crippen LogP contribution in [0.25, 0.3) is 0 Å². The first-order chi connectivity index (χ1) is 5.26. The van der Waals surface area contributed by atoms with Gasteiger partial charge in [-0.2, -0.15) is 5.06 Å². The zero-order valence-corrected chi connectivity index (χ0v) is 10.9. The fourth-order valence-corrected chi connectivity index (χ4v) is 2.35. The molecule has 1 aliphatic rings. The van der Waals surface area contributed by atoms with Crippen LogP contribution in [0.15, 0.2) is 0 Å². The van der Waals surface area contributed by atoms with Crippen molar-refractivity contribution in [3.8, 4) is 0 Å². The van der Waals surface area contributed by atoms with Gasteiger partial charge in [0.15, 0.2) is 0 Å². The van der Waals surface area contributed by atoms with E-state index in [-0.39, 0.29) is 41.9 Å².